The first-order valence-electron chi connectivity index (χ1n) is 8.01. The van der Waals surface area contributed by atoms with Crippen LogP contribution in [-0.4, -0.2) is 22.7 Å². The molecule has 2 aromatic heterocycles. The molecule has 0 spiro atoms. The number of nitrogens with one attached hydrogen (secondary N) is 2. The molecule has 0 unspecified atom stereocenters. The second-order valence-electron chi connectivity index (χ2n) is 5.87. The van der Waals surface area contributed by atoms with Crippen molar-refractivity contribution in [3.63, 3.8) is 0 Å². The molecule has 0 saturated carbocycles. The van der Waals surface area contributed by atoms with Gasteiger partial charge in [-0.05, 0) is 30.4 Å². The van der Waals surface area contributed by atoms with E-state index in [1.165, 1.54) is 18.3 Å². The minimum atomic E-state index is -0.347. The number of rotatable bonds is 3. The van der Waals surface area contributed by atoms with Crippen molar-refractivity contribution in [2.75, 3.05) is 6.61 Å². The number of aromatic nitrogens is 2. The Kier molecular flexibility index (Phi) is 4.23. The SMILES string of the molecule is O=C(N[C@@H]1CCCOc2cc(F)ccc21)c1cn[nH]c1-c1ccsc1. The van der Waals surface area contributed by atoms with Crippen LogP contribution in [-0.2, 0) is 0 Å². The monoisotopic (exact) mass is 357 g/mol. The molecule has 0 saturated heterocycles. The van der Waals surface area contributed by atoms with Crippen LogP contribution in [0, 0.1) is 5.82 Å². The summed E-state index contributed by atoms with van der Waals surface area (Å²) in [7, 11) is 0. The van der Waals surface area contributed by atoms with Crippen LogP contribution in [0.25, 0.3) is 11.3 Å². The van der Waals surface area contributed by atoms with Gasteiger partial charge in [0.05, 0.1) is 30.1 Å². The first kappa shape index (κ1) is 15.8. The zero-order chi connectivity index (χ0) is 17.2. The number of carbonyl (C=O) groups excluding carboxylic acids is 1. The number of hydrogen-bond donors (Lipinski definition) is 2. The number of amides is 1. The van der Waals surface area contributed by atoms with Gasteiger partial charge in [0.15, 0.2) is 0 Å². The number of hydrogen-bond acceptors (Lipinski definition) is 4. The lowest BCUT2D eigenvalue weighted by Gasteiger charge is -2.18. The molecular formula is C18H16FN3O2S. The lowest BCUT2D eigenvalue weighted by atomic mass is 10.0. The molecule has 1 amide bonds. The normalized spacial score (nSPS) is 16.6. The number of thiophene rings is 1. The molecule has 1 atom stereocenters. The van der Waals surface area contributed by atoms with Crippen LogP contribution in [0.15, 0.2) is 41.2 Å². The molecule has 5 nitrogen and oxygen atoms in total. The molecule has 0 bridgehead atoms. The van der Waals surface area contributed by atoms with Crippen molar-refractivity contribution >= 4 is 17.2 Å². The maximum absolute atomic E-state index is 13.5. The standard InChI is InChI=1S/C18H16FN3O2S/c19-12-3-4-13-15(2-1-6-24-16(13)8-12)21-18(23)14-9-20-22-17(14)11-5-7-25-10-11/h3-5,7-10,15H,1-2,6H2,(H,20,22)(H,21,23)/t15-/m1/s1. The van der Waals surface area contributed by atoms with Gasteiger partial charge in [0.25, 0.3) is 5.91 Å². The van der Waals surface area contributed by atoms with E-state index in [4.69, 9.17) is 4.74 Å². The van der Waals surface area contributed by atoms with Crippen LogP contribution in [0.2, 0.25) is 0 Å². The number of aromatic amines is 1. The Balaban J connectivity index is 1.61. The molecule has 4 rings (SSSR count). The van der Waals surface area contributed by atoms with Gasteiger partial charge in [-0.15, -0.1) is 0 Å². The molecule has 0 aliphatic carbocycles. The maximum Gasteiger partial charge on any atom is 0.255 e. The van der Waals surface area contributed by atoms with Gasteiger partial charge in [0.2, 0.25) is 0 Å². The number of ether oxygens (including phenoxy) is 1. The predicted octanol–water partition coefficient (Wildman–Crippen LogP) is 3.92. The summed E-state index contributed by atoms with van der Waals surface area (Å²) in [4.78, 5) is 12.8. The fourth-order valence-electron chi connectivity index (χ4n) is 3.02. The quantitative estimate of drug-likeness (QED) is 0.747. The van der Waals surface area contributed by atoms with Crippen molar-refractivity contribution in [1.82, 2.24) is 15.5 Å². The van der Waals surface area contributed by atoms with Crippen LogP contribution in [0.5, 0.6) is 5.75 Å². The molecule has 25 heavy (non-hydrogen) atoms. The molecule has 3 heterocycles. The van der Waals surface area contributed by atoms with Crippen LogP contribution in [0.3, 0.4) is 0 Å². The summed E-state index contributed by atoms with van der Waals surface area (Å²) in [6.45, 7) is 0.509. The molecule has 2 N–H and O–H groups in total. The Morgan fingerprint density at radius 1 is 1.40 bits per heavy atom. The van der Waals surface area contributed by atoms with Crippen LogP contribution in [0.4, 0.5) is 4.39 Å². The van der Waals surface area contributed by atoms with E-state index in [0.717, 1.165) is 24.0 Å². The number of H-pyrrole nitrogens is 1. The van der Waals surface area contributed by atoms with Crippen LogP contribution >= 0.6 is 11.3 Å². The van der Waals surface area contributed by atoms with Gasteiger partial charge in [0, 0.05) is 22.6 Å². The minimum absolute atomic E-state index is 0.211. The Labute approximate surface area is 147 Å². The molecule has 128 valence electrons. The number of halogens is 1. The number of fused-ring (bicyclic) bond motifs is 1. The van der Waals surface area contributed by atoms with Gasteiger partial charge < -0.3 is 10.1 Å². The molecule has 1 aliphatic heterocycles. The highest BCUT2D eigenvalue weighted by atomic mass is 32.1. The summed E-state index contributed by atoms with van der Waals surface area (Å²) in [5.41, 5.74) is 2.92. The van der Waals surface area contributed by atoms with Gasteiger partial charge in [-0.3, -0.25) is 9.89 Å². The summed E-state index contributed by atoms with van der Waals surface area (Å²) in [5.74, 6) is -0.0644. The highest BCUT2D eigenvalue weighted by Gasteiger charge is 2.24. The van der Waals surface area contributed by atoms with Gasteiger partial charge >= 0.3 is 0 Å². The Morgan fingerprint density at radius 3 is 3.16 bits per heavy atom. The number of benzene rings is 1. The molecule has 1 aromatic carbocycles. The molecular weight excluding hydrogens is 341 g/mol. The van der Waals surface area contributed by atoms with Gasteiger partial charge in [-0.1, -0.05) is 6.07 Å². The van der Waals surface area contributed by atoms with Crippen LogP contribution < -0.4 is 10.1 Å². The average Bonchev–Trinajstić information content (AvgIpc) is 3.25. The zero-order valence-corrected chi connectivity index (χ0v) is 14.1. The van der Waals surface area contributed by atoms with E-state index >= 15 is 0 Å². The van der Waals surface area contributed by atoms with Crippen molar-refractivity contribution in [2.24, 2.45) is 0 Å². The Hall–Kier alpha value is -2.67. The third-order valence-electron chi connectivity index (χ3n) is 4.24. The molecule has 3 aromatic rings. The summed E-state index contributed by atoms with van der Waals surface area (Å²) in [6, 6.07) is 6.15. The third kappa shape index (κ3) is 3.15. The van der Waals surface area contributed by atoms with Crippen molar-refractivity contribution < 1.29 is 13.9 Å². The van der Waals surface area contributed by atoms with E-state index in [0.29, 0.717) is 23.6 Å². The first-order valence-corrected chi connectivity index (χ1v) is 8.95. The lowest BCUT2D eigenvalue weighted by Crippen LogP contribution is -2.28. The largest absolute Gasteiger partial charge is 0.493 e. The topological polar surface area (TPSA) is 67.0 Å². The summed E-state index contributed by atoms with van der Waals surface area (Å²) >= 11 is 1.56. The van der Waals surface area contributed by atoms with Crippen molar-refractivity contribution in [2.45, 2.75) is 18.9 Å². The molecule has 7 heteroatoms. The van der Waals surface area contributed by atoms with Gasteiger partial charge in [-0.25, -0.2) is 4.39 Å². The number of nitrogens with zero attached hydrogens (tertiary/aromatic N) is 1. The lowest BCUT2D eigenvalue weighted by molar-refractivity contribution is 0.0935. The highest BCUT2D eigenvalue weighted by molar-refractivity contribution is 7.08. The van der Waals surface area contributed by atoms with Crippen molar-refractivity contribution in [3.8, 4) is 17.0 Å². The van der Waals surface area contributed by atoms with Crippen molar-refractivity contribution in [1.29, 1.82) is 0 Å². The molecule has 1 aliphatic rings. The Morgan fingerprint density at radius 2 is 2.32 bits per heavy atom. The summed E-state index contributed by atoms with van der Waals surface area (Å²) in [5, 5.41) is 13.8. The fraction of sp³-hybridized carbons (Fsp3) is 0.222. The van der Waals surface area contributed by atoms with Crippen molar-refractivity contribution in [3.05, 3.63) is 58.2 Å². The van der Waals surface area contributed by atoms with E-state index < -0.39 is 0 Å². The third-order valence-corrected chi connectivity index (χ3v) is 4.93. The first-order chi connectivity index (χ1) is 12.2. The smallest absolute Gasteiger partial charge is 0.255 e. The van der Waals surface area contributed by atoms with E-state index in [9.17, 15) is 9.18 Å². The second kappa shape index (κ2) is 6.68. The summed E-state index contributed by atoms with van der Waals surface area (Å²) < 4.78 is 19.1. The zero-order valence-electron chi connectivity index (χ0n) is 13.3. The van der Waals surface area contributed by atoms with E-state index in [1.807, 2.05) is 16.8 Å². The fourth-order valence-corrected chi connectivity index (χ4v) is 3.66. The van der Waals surface area contributed by atoms with E-state index in [2.05, 4.69) is 15.5 Å². The van der Waals surface area contributed by atoms with Gasteiger partial charge in [0.1, 0.15) is 11.6 Å². The second-order valence-corrected chi connectivity index (χ2v) is 6.65. The van der Waals surface area contributed by atoms with Crippen LogP contribution in [0.1, 0.15) is 34.8 Å². The Bertz CT molecular complexity index is 892. The average molecular weight is 357 g/mol. The van der Waals surface area contributed by atoms with Gasteiger partial charge in [-0.2, -0.15) is 16.4 Å². The molecule has 0 fully saturated rings. The number of carbonyl (C=O) groups is 1. The predicted molar refractivity (Wildman–Crippen MR) is 93.2 cm³/mol. The van der Waals surface area contributed by atoms with E-state index in [-0.39, 0.29) is 17.8 Å². The minimum Gasteiger partial charge on any atom is -0.493 e. The highest BCUT2D eigenvalue weighted by Crippen LogP contribution is 2.32. The molecule has 0 radical (unpaired) electrons. The maximum atomic E-state index is 13.5. The van der Waals surface area contributed by atoms with E-state index in [1.54, 1.807) is 17.4 Å². The summed E-state index contributed by atoms with van der Waals surface area (Å²) in [6.07, 6.45) is 3.04.